The van der Waals surface area contributed by atoms with Gasteiger partial charge in [0.1, 0.15) is 0 Å². The van der Waals surface area contributed by atoms with Gasteiger partial charge in [-0.05, 0) is 18.9 Å². The van der Waals surface area contributed by atoms with Crippen molar-refractivity contribution < 1.29 is 4.79 Å². The maximum Gasteiger partial charge on any atom is 0.220 e. The lowest BCUT2D eigenvalue weighted by Gasteiger charge is -2.08. The average Bonchev–Trinajstić information content (AvgIpc) is 2.05. The van der Waals surface area contributed by atoms with E-state index in [0.717, 1.165) is 25.8 Å². The summed E-state index contributed by atoms with van der Waals surface area (Å²) in [6.07, 6.45) is 3.94. The van der Waals surface area contributed by atoms with Gasteiger partial charge in [-0.25, -0.2) is 0 Å². The molecule has 3 nitrogen and oxygen atoms in total. The van der Waals surface area contributed by atoms with E-state index in [1.165, 1.54) is 0 Å². The standard InChI is InChI=1S/C9H20N2O/c1-8(5-3-4-6-10)7-9(12)11-2/h8H,3-7,10H2,1-2H3,(H,11,12). The number of rotatable bonds is 6. The van der Waals surface area contributed by atoms with Gasteiger partial charge in [0.15, 0.2) is 0 Å². The van der Waals surface area contributed by atoms with Gasteiger partial charge in [-0.2, -0.15) is 0 Å². The van der Waals surface area contributed by atoms with E-state index >= 15 is 0 Å². The summed E-state index contributed by atoms with van der Waals surface area (Å²) in [5, 5.41) is 2.62. The van der Waals surface area contributed by atoms with E-state index in [1.807, 2.05) is 0 Å². The number of carbonyl (C=O) groups is 1. The van der Waals surface area contributed by atoms with Crippen LogP contribution >= 0.6 is 0 Å². The highest BCUT2D eigenvalue weighted by Gasteiger charge is 2.06. The van der Waals surface area contributed by atoms with Crippen molar-refractivity contribution in [2.45, 2.75) is 32.6 Å². The Morgan fingerprint density at radius 1 is 1.50 bits per heavy atom. The van der Waals surface area contributed by atoms with E-state index in [1.54, 1.807) is 7.05 Å². The highest BCUT2D eigenvalue weighted by Crippen LogP contribution is 2.10. The van der Waals surface area contributed by atoms with Crippen LogP contribution in [0.4, 0.5) is 0 Å². The van der Waals surface area contributed by atoms with Crippen LogP contribution in [0.25, 0.3) is 0 Å². The summed E-state index contributed by atoms with van der Waals surface area (Å²) >= 11 is 0. The fourth-order valence-electron chi connectivity index (χ4n) is 1.16. The first-order chi connectivity index (χ1) is 5.70. The smallest absolute Gasteiger partial charge is 0.220 e. The zero-order valence-corrected chi connectivity index (χ0v) is 8.10. The Kier molecular flexibility index (Phi) is 6.76. The maximum absolute atomic E-state index is 10.9. The van der Waals surface area contributed by atoms with Crippen LogP contribution < -0.4 is 11.1 Å². The van der Waals surface area contributed by atoms with Crippen LogP contribution in [0, 0.1) is 5.92 Å². The second kappa shape index (κ2) is 7.10. The van der Waals surface area contributed by atoms with Gasteiger partial charge in [0.2, 0.25) is 5.91 Å². The van der Waals surface area contributed by atoms with Gasteiger partial charge in [-0.15, -0.1) is 0 Å². The van der Waals surface area contributed by atoms with Gasteiger partial charge >= 0.3 is 0 Å². The highest BCUT2D eigenvalue weighted by atomic mass is 16.1. The van der Waals surface area contributed by atoms with E-state index in [9.17, 15) is 4.79 Å². The summed E-state index contributed by atoms with van der Waals surface area (Å²) in [4.78, 5) is 10.9. The molecule has 0 aromatic heterocycles. The van der Waals surface area contributed by atoms with Crippen molar-refractivity contribution in [2.24, 2.45) is 11.7 Å². The monoisotopic (exact) mass is 172 g/mol. The summed E-state index contributed by atoms with van der Waals surface area (Å²) in [6.45, 7) is 2.86. The molecule has 0 rings (SSSR count). The Morgan fingerprint density at radius 2 is 2.17 bits per heavy atom. The molecule has 0 saturated heterocycles. The zero-order chi connectivity index (χ0) is 9.40. The third-order valence-corrected chi connectivity index (χ3v) is 1.96. The topological polar surface area (TPSA) is 55.1 Å². The summed E-state index contributed by atoms with van der Waals surface area (Å²) in [5.41, 5.74) is 5.36. The van der Waals surface area contributed by atoms with Gasteiger partial charge in [0.05, 0.1) is 0 Å². The molecule has 3 heteroatoms. The molecule has 0 radical (unpaired) electrons. The van der Waals surface area contributed by atoms with Crippen molar-refractivity contribution in [1.29, 1.82) is 0 Å². The minimum Gasteiger partial charge on any atom is -0.359 e. The molecule has 0 spiro atoms. The third kappa shape index (κ3) is 6.16. The van der Waals surface area contributed by atoms with Crippen LogP contribution in [0.1, 0.15) is 32.6 Å². The van der Waals surface area contributed by atoms with Gasteiger partial charge in [0, 0.05) is 13.5 Å². The Morgan fingerprint density at radius 3 is 2.67 bits per heavy atom. The first-order valence-electron chi connectivity index (χ1n) is 4.61. The number of carbonyl (C=O) groups excluding carboxylic acids is 1. The molecule has 0 bridgehead atoms. The van der Waals surface area contributed by atoms with E-state index in [0.29, 0.717) is 12.3 Å². The Bertz CT molecular complexity index is 126. The molecule has 0 aliphatic heterocycles. The fourth-order valence-corrected chi connectivity index (χ4v) is 1.16. The van der Waals surface area contributed by atoms with Gasteiger partial charge < -0.3 is 11.1 Å². The summed E-state index contributed by atoms with van der Waals surface area (Å²) in [5.74, 6) is 0.617. The number of hydrogen-bond donors (Lipinski definition) is 2. The van der Waals surface area contributed by atoms with E-state index in [-0.39, 0.29) is 5.91 Å². The minimum atomic E-state index is 0.134. The van der Waals surface area contributed by atoms with Gasteiger partial charge in [-0.1, -0.05) is 19.8 Å². The molecule has 0 aliphatic rings. The molecule has 1 atom stereocenters. The SMILES string of the molecule is CNC(=O)CC(C)CCCCN. The predicted molar refractivity (Wildman–Crippen MR) is 50.8 cm³/mol. The number of amides is 1. The molecular weight excluding hydrogens is 152 g/mol. The largest absolute Gasteiger partial charge is 0.359 e. The molecule has 3 N–H and O–H groups in total. The third-order valence-electron chi connectivity index (χ3n) is 1.96. The number of unbranched alkanes of at least 4 members (excludes halogenated alkanes) is 1. The molecule has 0 aromatic rings. The summed E-state index contributed by atoms with van der Waals surface area (Å²) in [7, 11) is 1.68. The van der Waals surface area contributed by atoms with Crippen molar-refractivity contribution in [3.8, 4) is 0 Å². The summed E-state index contributed by atoms with van der Waals surface area (Å²) < 4.78 is 0. The molecule has 0 aliphatic carbocycles. The maximum atomic E-state index is 10.9. The molecular formula is C9H20N2O. The Labute approximate surface area is 74.7 Å². The van der Waals surface area contributed by atoms with Crippen molar-refractivity contribution in [3.63, 3.8) is 0 Å². The first-order valence-corrected chi connectivity index (χ1v) is 4.61. The molecule has 0 aromatic carbocycles. The fraction of sp³-hybridized carbons (Fsp3) is 0.889. The Balaban J connectivity index is 3.32. The molecule has 12 heavy (non-hydrogen) atoms. The highest BCUT2D eigenvalue weighted by molar-refractivity contribution is 5.75. The molecule has 0 saturated carbocycles. The van der Waals surface area contributed by atoms with Crippen LogP contribution in [-0.4, -0.2) is 19.5 Å². The van der Waals surface area contributed by atoms with E-state index < -0.39 is 0 Å². The Hall–Kier alpha value is -0.570. The summed E-state index contributed by atoms with van der Waals surface area (Å²) in [6, 6.07) is 0. The molecule has 1 unspecified atom stereocenters. The normalized spacial score (nSPS) is 12.6. The van der Waals surface area contributed by atoms with Crippen molar-refractivity contribution >= 4 is 5.91 Å². The number of hydrogen-bond acceptors (Lipinski definition) is 2. The van der Waals surface area contributed by atoms with Crippen LogP contribution in [0.3, 0.4) is 0 Å². The predicted octanol–water partition coefficient (Wildman–Crippen LogP) is 0.888. The molecule has 72 valence electrons. The number of nitrogens with one attached hydrogen (secondary N) is 1. The number of nitrogens with two attached hydrogens (primary N) is 1. The van der Waals surface area contributed by atoms with Crippen LogP contribution in [0.15, 0.2) is 0 Å². The van der Waals surface area contributed by atoms with Crippen molar-refractivity contribution in [3.05, 3.63) is 0 Å². The van der Waals surface area contributed by atoms with Crippen molar-refractivity contribution in [2.75, 3.05) is 13.6 Å². The lowest BCUT2D eigenvalue weighted by atomic mass is 10.0. The molecule has 1 amide bonds. The lowest BCUT2D eigenvalue weighted by Crippen LogP contribution is -2.20. The minimum absolute atomic E-state index is 0.134. The molecule has 0 heterocycles. The van der Waals surface area contributed by atoms with Crippen LogP contribution in [-0.2, 0) is 4.79 Å². The van der Waals surface area contributed by atoms with Gasteiger partial charge in [0.25, 0.3) is 0 Å². The first kappa shape index (κ1) is 11.4. The lowest BCUT2D eigenvalue weighted by molar-refractivity contribution is -0.121. The quantitative estimate of drug-likeness (QED) is 0.584. The zero-order valence-electron chi connectivity index (χ0n) is 8.10. The second-order valence-electron chi connectivity index (χ2n) is 3.27. The molecule has 0 fully saturated rings. The van der Waals surface area contributed by atoms with Gasteiger partial charge in [-0.3, -0.25) is 4.79 Å². The average molecular weight is 172 g/mol. The van der Waals surface area contributed by atoms with E-state index in [4.69, 9.17) is 5.73 Å². The van der Waals surface area contributed by atoms with E-state index in [2.05, 4.69) is 12.2 Å². The second-order valence-corrected chi connectivity index (χ2v) is 3.27. The van der Waals surface area contributed by atoms with Crippen LogP contribution in [0.5, 0.6) is 0 Å². The van der Waals surface area contributed by atoms with Crippen LogP contribution in [0.2, 0.25) is 0 Å². The van der Waals surface area contributed by atoms with Crippen molar-refractivity contribution in [1.82, 2.24) is 5.32 Å².